The zero-order valence-corrected chi connectivity index (χ0v) is 15.2. The molecular weight excluding hydrogens is 332 g/mol. The predicted octanol–water partition coefficient (Wildman–Crippen LogP) is 0.220. The van der Waals surface area contributed by atoms with E-state index in [2.05, 4.69) is 27.7 Å². The summed E-state index contributed by atoms with van der Waals surface area (Å²) < 4.78 is 5.34. The summed E-state index contributed by atoms with van der Waals surface area (Å²) in [6.45, 7) is 5.58. The SMILES string of the molecule is O=C(CC1COCCN1)NCCC(=O)N1CCN(c2ccccc2)CC1. The highest BCUT2D eigenvalue weighted by Gasteiger charge is 2.21. The fourth-order valence-corrected chi connectivity index (χ4v) is 3.37. The molecule has 0 radical (unpaired) electrons. The van der Waals surface area contributed by atoms with Crippen molar-refractivity contribution >= 4 is 17.5 Å². The second-order valence-electron chi connectivity index (χ2n) is 6.73. The summed E-state index contributed by atoms with van der Waals surface area (Å²) in [7, 11) is 0. The number of benzene rings is 1. The smallest absolute Gasteiger partial charge is 0.224 e. The minimum Gasteiger partial charge on any atom is -0.378 e. The monoisotopic (exact) mass is 360 g/mol. The van der Waals surface area contributed by atoms with E-state index >= 15 is 0 Å². The van der Waals surface area contributed by atoms with Gasteiger partial charge in [-0.15, -0.1) is 0 Å². The van der Waals surface area contributed by atoms with Crippen LogP contribution in [0.4, 0.5) is 5.69 Å². The first-order valence-electron chi connectivity index (χ1n) is 9.38. The van der Waals surface area contributed by atoms with Gasteiger partial charge < -0.3 is 25.2 Å². The Morgan fingerprint density at radius 2 is 1.92 bits per heavy atom. The Labute approximate surface area is 154 Å². The van der Waals surface area contributed by atoms with Crippen LogP contribution in [0.1, 0.15) is 12.8 Å². The Morgan fingerprint density at radius 1 is 1.15 bits per heavy atom. The lowest BCUT2D eigenvalue weighted by molar-refractivity contribution is -0.131. The first-order chi connectivity index (χ1) is 12.7. The number of ether oxygens (including phenoxy) is 1. The Balaban J connectivity index is 1.32. The number of anilines is 1. The van der Waals surface area contributed by atoms with Crippen molar-refractivity contribution < 1.29 is 14.3 Å². The van der Waals surface area contributed by atoms with Gasteiger partial charge in [0.1, 0.15) is 0 Å². The van der Waals surface area contributed by atoms with E-state index in [4.69, 9.17) is 4.74 Å². The van der Waals surface area contributed by atoms with Gasteiger partial charge in [-0.1, -0.05) is 18.2 Å². The van der Waals surface area contributed by atoms with Crippen LogP contribution in [0, 0.1) is 0 Å². The van der Waals surface area contributed by atoms with Crippen molar-refractivity contribution in [1.29, 1.82) is 0 Å². The van der Waals surface area contributed by atoms with Crippen LogP contribution < -0.4 is 15.5 Å². The summed E-state index contributed by atoms with van der Waals surface area (Å²) in [6.07, 6.45) is 0.746. The molecule has 0 spiro atoms. The van der Waals surface area contributed by atoms with Gasteiger partial charge in [0.2, 0.25) is 11.8 Å². The van der Waals surface area contributed by atoms with Gasteiger partial charge in [0, 0.05) is 63.8 Å². The second-order valence-corrected chi connectivity index (χ2v) is 6.73. The molecule has 2 aliphatic rings. The number of hydrogen-bond donors (Lipinski definition) is 2. The molecule has 2 aliphatic heterocycles. The van der Waals surface area contributed by atoms with E-state index in [-0.39, 0.29) is 17.9 Å². The van der Waals surface area contributed by atoms with Gasteiger partial charge in [-0.3, -0.25) is 9.59 Å². The summed E-state index contributed by atoms with van der Waals surface area (Å²) in [4.78, 5) is 28.5. The first-order valence-corrected chi connectivity index (χ1v) is 9.38. The van der Waals surface area contributed by atoms with E-state index in [1.165, 1.54) is 5.69 Å². The molecule has 2 amide bonds. The first kappa shape index (κ1) is 18.7. The van der Waals surface area contributed by atoms with E-state index in [9.17, 15) is 9.59 Å². The maximum Gasteiger partial charge on any atom is 0.224 e. The molecule has 1 unspecified atom stereocenters. The third-order valence-electron chi connectivity index (χ3n) is 4.84. The van der Waals surface area contributed by atoms with Gasteiger partial charge in [0.15, 0.2) is 0 Å². The molecule has 7 nitrogen and oxygen atoms in total. The minimum absolute atomic E-state index is 0.0327. The molecule has 0 aromatic heterocycles. The zero-order valence-electron chi connectivity index (χ0n) is 15.2. The number of rotatable bonds is 6. The molecule has 2 fully saturated rings. The minimum atomic E-state index is -0.0327. The molecule has 7 heteroatoms. The molecule has 142 valence electrons. The third-order valence-corrected chi connectivity index (χ3v) is 4.84. The second kappa shape index (κ2) is 9.54. The summed E-state index contributed by atoms with van der Waals surface area (Å²) in [5.74, 6) is 0.0758. The Kier molecular flexibility index (Phi) is 6.85. The van der Waals surface area contributed by atoms with Crippen LogP contribution in [0.15, 0.2) is 30.3 Å². The summed E-state index contributed by atoms with van der Waals surface area (Å²) in [5.41, 5.74) is 1.20. The number of carbonyl (C=O) groups excluding carboxylic acids is 2. The van der Waals surface area contributed by atoms with Crippen molar-refractivity contribution in [2.45, 2.75) is 18.9 Å². The van der Waals surface area contributed by atoms with E-state index < -0.39 is 0 Å². The van der Waals surface area contributed by atoms with Crippen LogP contribution in [-0.4, -0.2) is 75.2 Å². The molecule has 1 aromatic rings. The van der Waals surface area contributed by atoms with Crippen molar-refractivity contribution in [2.24, 2.45) is 0 Å². The highest BCUT2D eigenvalue weighted by atomic mass is 16.5. The van der Waals surface area contributed by atoms with E-state index in [0.717, 1.165) is 32.7 Å². The number of nitrogens with zero attached hydrogens (tertiary/aromatic N) is 2. The van der Waals surface area contributed by atoms with Gasteiger partial charge in [-0.2, -0.15) is 0 Å². The van der Waals surface area contributed by atoms with Crippen LogP contribution in [-0.2, 0) is 14.3 Å². The highest BCUT2D eigenvalue weighted by Crippen LogP contribution is 2.15. The van der Waals surface area contributed by atoms with Crippen LogP contribution in [0.25, 0.3) is 0 Å². The van der Waals surface area contributed by atoms with E-state index in [0.29, 0.717) is 32.6 Å². The molecule has 0 aliphatic carbocycles. The number of para-hydroxylation sites is 1. The zero-order chi connectivity index (χ0) is 18.2. The molecule has 1 aromatic carbocycles. The quantitative estimate of drug-likeness (QED) is 0.759. The van der Waals surface area contributed by atoms with E-state index in [1.54, 1.807) is 0 Å². The number of hydrogen-bond acceptors (Lipinski definition) is 5. The standard InChI is InChI=1S/C19H28N4O3/c24-18(14-16-15-26-13-8-20-16)21-7-6-19(25)23-11-9-22(10-12-23)17-4-2-1-3-5-17/h1-5,16,20H,6-15H2,(H,21,24). The average Bonchev–Trinajstić information content (AvgIpc) is 2.69. The number of nitrogens with one attached hydrogen (secondary N) is 2. The summed E-state index contributed by atoms with van der Waals surface area (Å²) >= 11 is 0. The molecule has 0 saturated carbocycles. The van der Waals surface area contributed by atoms with Crippen LogP contribution in [0.3, 0.4) is 0 Å². The molecule has 3 rings (SSSR count). The van der Waals surface area contributed by atoms with Crippen molar-refractivity contribution in [1.82, 2.24) is 15.5 Å². The van der Waals surface area contributed by atoms with Gasteiger partial charge in [0.25, 0.3) is 0 Å². The number of amides is 2. The number of morpholine rings is 1. The van der Waals surface area contributed by atoms with Gasteiger partial charge in [0.05, 0.1) is 13.2 Å². The van der Waals surface area contributed by atoms with Crippen LogP contribution in [0.2, 0.25) is 0 Å². The van der Waals surface area contributed by atoms with E-state index in [1.807, 2.05) is 23.1 Å². The maximum absolute atomic E-state index is 12.3. The topological polar surface area (TPSA) is 73.9 Å². The van der Waals surface area contributed by atoms with Crippen molar-refractivity contribution in [3.63, 3.8) is 0 Å². The molecule has 2 heterocycles. The van der Waals surface area contributed by atoms with Crippen molar-refractivity contribution in [3.05, 3.63) is 30.3 Å². The Hall–Kier alpha value is -2.12. The number of piperazine rings is 1. The molecule has 2 saturated heterocycles. The van der Waals surface area contributed by atoms with Crippen LogP contribution in [0.5, 0.6) is 0 Å². The molecule has 1 atom stereocenters. The summed E-state index contributed by atoms with van der Waals surface area (Å²) in [5, 5.41) is 6.10. The lowest BCUT2D eigenvalue weighted by Gasteiger charge is -2.36. The third kappa shape index (κ3) is 5.44. The maximum atomic E-state index is 12.3. The Bertz CT molecular complexity index is 582. The van der Waals surface area contributed by atoms with Gasteiger partial charge in [-0.25, -0.2) is 0 Å². The van der Waals surface area contributed by atoms with Crippen molar-refractivity contribution in [2.75, 3.05) is 57.4 Å². The lowest BCUT2D eigenvalue weighted by atomic mass is 10.2. The summed E-state index contributed by atoms with van der Waals surface area (Å²) in [6, 6.07) is 10.3. The van der Waals surface area contributed by atoms with Gasteiger partial charge >= 0.3 is 0 Å². The van der Waals surface area contributed by atoms with Crippen molar-refractivity contribution in [3.8, 4) is 0 Å². The van der Waals surface area contributed by atoms with Crippen LogP contribution >= 0.6 is 0 Å². The molecule has 2 N–H and O–H groups in total. The largest absolute Gasteiger partial charge is 0.378 e. The fraction of sp³-hybridized carbons (Fsp3) is 0.579. The Morgan fingerprint density at radius 3 is 2.62 bits per heavy atom. The molecular formula is C19H28N4O3. The highest BCUT2D eigenvalue weighted by molar-refractivity contribution is 5.79. The normalized spacial score (nSPS) is 20.7. The molecule has 26 heavy (non-hydrogen) atoms. The predicted molar refractivity (Wildman–Crippen MR) is 100 cm³/mol. The molecule has 0 bridgehead atoms. The average molecular weight is 360 g/mol. The van der Waals surface area contributed by atoms with Gasteiger partial charge in [-0.05, 0) is 12.1 Å². The lowest BCUT2D eigenvalue weighted by Crippen LogP contribution is -2.49. The fourth-order valence-electron chi connectivity index (χ4n) is 3.37. The number of carbonyl (C=O) groups is 2.